The molecule has 0 unspecified atom stereocenters. The number of aryl methyl sites for hydroxylation is 1. The molecule has 0 bridgehead atoms. The van der Waals surface area contributed by atoms with Crippen LogP contribution in [0.1, 0.15) is 16.0 Å². The molecule has 1 saturated heterocycles. The second-order valence-corrected chi connectivity index (χ2v) is 8.16. The van der Waals surface area contributed by atoms with Crippen molar-refractivity contribution in [3.05, 3.63) is 64.5 Å². The lowest BCUT2D eigenvalue weighted by Crippen LogP contribution is -2.47. The number of hydrogen-bond donors (Lipinski definition) is 1. The van der Waals surface area contributed by atoms with Crippen LogP contribution in [0, 0.1) is 12.3 Å². The Morgan fingerprint density at radius 1 is 1.04 bits per heavy atom. The van der Waals surface area contributed by atoms with Crippen molar-refractivity contribution in [2.75, 3.05) is 37.6 Å². The Balaban J connectivity index is 1.38. The molecule has 0 aliphatic carbocycles. The number of benzene rings is 2. The first-order valence-electron chi connectivity index (χ1n) is 9.29. The fourth-order valence-electron chi connectivity index (χ4n) is 3.67. The van der Waals surface area contributed by atoms with E-state index >= 15 is 0 Å². The van der Waals surface area contributed by atoms with Crippen molar-refractivity contribution in [3.63, 3.8) is 0 Å². The topological polar surface area (TPSA) is 30.3 Å². The Bertz CT molecular complexity index is 889. The maximum absolute atomic E-state index is 7.51. The monoisotopic (exact) mass is 363 g/mol. The van der Waals surface area contributed by atoms with Gasteiger partial charge in [0.2, 0.25) is 0 Å². The number of nitrogens with one attached hydrogen (secondary N) is 1. The van der Waals surface area contributed by atoms with Crippen LogP contribution >= 0.6 is 11.3 Å². The summed E-state index contributed by atoms with van der Waals surface area (Å²) < 4.78 is 1.28. The Hall–Kier alpha value is -2.17. The molecular weight excluding hydrogens is 338 g/mol. The average molecular weight is 364 g/mol. The quantitative estimate of drug-likeness (QED) is 0.673. The molecule has 4 rings (SSSR count). The Kier molecular flexibility index (Phi) is 5.05. The third-order valence-corrected chi connectivity index (χ3v) is 6.30. The van der Waals surface area contributed by atoms with E-state index in [0.717, 1.165) is 44.0 Å². The number of anilines is 1. The second kappa shape index (κ2) is 7.60. The van der Waals surface area contributed by atoms with Gasteiger partial charge in [0.25, 0.3) is 0 Å². The number of nitrogens with zero attached hydrogens (tertiary/aromatic N) is 2. The molecular formula is C22H25N3S. The van der Waals surface area contributed by atoms with Gasteiger partial charge in [0, 0.05) is 59.6 Å². The number of rotatable bonds is 5. The van der Waals surface area contributed by atoms with Crippen LogP contribution in [0.2, 0.25) is 0 Å². The molecule has 4 heteroatoms. The van der Waals surface area contributed by atoms with E-state index in [4.69, 9.17) is 5.41 Å². The molecule has 1 N–H and O–H groups in total. The summed E-state index contributed by atoms with van der Waals surface area (Å²) in [6.45, 7) is 7.65. The minimum absolute atomic E-state index is 1.03. The van der Waals surface area contributed by atoms with Crippen molar-refractivity contribution in [1.82, 2.24) is 4.90 Å². The van der Waals surface area contributed by atoms with Gasteiger partial charge in [-0.25, -0.2) is 0 Å². The molecule has 1 aliphatic rings. The van der Waals surface area contributed by atoms with Crippen molar-refractivity contribution >= 4 is 33.3 Å². The van der Waals surface area contributed by atoms with Crippen LogP contribution in [-0.4, -0.2) is 43.8 Å². The smallest absolute Gasteiger partial charge is 0.0459 e. The highest BCUT2D eigenvalue weighted by Crippen LogP contribution is 2.33. The van der Waals surface area contributed by atoms with Crippen LogP contribution < -0.4 is 4.90 Å². The maximum Gasteiger partial charge on any atom is 0.0459 e. The van der Waals surface area contributed by atoms with Crippen LogP contribution in [0.4, 0.5) is 5.69 Å². The molecule has 1 aromatic heterocycles. The Morgan fingerprint density at radius 3 is 2.54 bits per heavy atom. The molecule has 0 radical (unpaired) electrons. The van der Waals surface area contributed by atoms with E-state index in [1.54, 1.807) is 11.3 Å². The third kappa shape index (κ3) is 3.67. The Morgan fingerprint density at radius 2 is 1.81 bits per heavy atom. The van der Waals surface area contributed by atoms with E-state index in [1.807, 2.05) is 0 Å². The zero-order chi connectivity index (χ0) is 17.9. The zero-order valence-corrected chi connectivity index (χ0v) is 16.1. The van der Waals surface area contributed by atoms with Gasteiger partial charge < -0.3 is 10.3 Å². The number of hydrogen-bond acceptors (Lipinski definition) is 4. The molecule has 3 aromatic rings. The van der Waals surface area contributed by atoms with E-state index in [2.05, 4.69) is 65.3 Å². The van der Waals surface area contributed by atoms with E-state index in [1.165, 1.54) is 33.1 Å². The van der Waals surface area contributed by atoms with Crippen LogP contribution in [0.25, 0.3) is 10.1 Å². The Labute approximate surface area is 159 Å². The fourth-order valence-corrected chi connectivity index (χ4v) is 4.58. The van der Waals surface area contributed by atoms with Gasteiger partial charge in [-0.3, -0.25) is 4.90 Å². The highest BCUT2D eigenvalue weighted by atomic mass is 32.1. The number of thiophene rings is 1. The summed E-state index contributed by atoms with van der Waals surface area (Å²) in [6.07, 6.45) is 2.58. The maximum atomic E-state index is 7.51. The molecule has 0 spiro atoms. The van der Waals surface area contributed by atoms with E-state index in [9.17, 15) is 0 Å². The van der Waals surface area contributed by atoms with Crippen molar-refractivity contribution in [1.29, 1.82) is 5.41 Å². The highest BCUT2D eigenvalue weighted by Gasteiger charge is 2.19. The van der Waals surface area contributed by atoms with Crippen LogP contribution in [0.5, 0.6) is 0 Å². The largest absolute Gasteiger partial charge is 0.368 e. The summed E-state index contributed by atoms with van der Waals surface area (Å²) in [6, 6.07) is 17.6. The first-order valence-corrected chi connectivity index (χ1v) is 10.1. The zero-order valence-electron chi connectivity index (χ0n) is 15.2. The van der Waals surface area contributed by atoms with E-state index in [-0.39, 0.29) is 0 Å². The molecule has 1 fully saturated rings. The average Bonchev–Trinajstić information content (AvgIpc) is 3.11. The van der Waals surface area contributed by atoms with Crippen molar-refractivity contribution in [2.24, 2.45) is 0 Å². The predicted molar refractivity (Wildman–Crippen MR) is 113 cm³/mol. The van der Waals surface area contributed by atoms with Crippen LogP contribution in [0.3, 0.4) is 0 Å². The first kappa shape index (κ1) is 17.3. The summed E-state index contributed by atoms with van der Waals surface area (Å²) in [5, 5.41) is 8.81. The predicted octanol–water partition coefficient (Wildman–Crippen LogP) is 4.57. The summed E-state index contributed by atoms with van der Waals surface area (Å²) in [4.78, 5) is 6.11. The molecule has 0 saturated carbocycles. The lowest BCUT2D eigenvalue weighted by atomic mass is 10.1. The minimum Gasteiger partial charge on any atom is -0.368 e. The highest BCUT2D eigenvalue weighted by molar-refractivity contribution is 7.20. The molecule has 2 aromatic carbocycles. The van der Waals surface area contributed by atoms with E-state index in [0.29, 0.717) is 0 Å². The van der Waals surface area contributed by atoms with Crippen LogP contribution in [-0.2, 0) is 6.42 Å². The molecule has 0 atom stereocenters. The molecule has 134 valence electrons. The molecule has 0 amide bonds. The SMILES string of the molecule is Cc1ccc(CCN2CCN(c3cccc4sc(C=N)cc34)CC2)cc1. The normalized spacial score (nSPS) is 15.5. The fraction of sp³-hybridized carbons (Fsp3) is 0.318. The van der Waals surface area contributed by atoms with Gasteiger partial charge in [0.05, 0.1) is 0 Å². The van der Waals surface area contributed by atoms with Gasteiger partial charge in [-0.2, -0.15) is 0 Å². The van der Waals surface area contributed by atoms with E-state index < -0.39 is 0 Å². The van der Waals surface area contributed by atoms with Crippen LogP contribution in [0.15, 0.2) is 48.5 Å². The minimum atomic E-state index is 1.03. The van der Waals surface area contributed by atoms with Gasteiger partial charge in [-0.05, 0) is 37.1 Å². The first-order chi connectivity index (χ1) is 12.7. The van der Waals surface area contributed by atoms with Crippen molar-refractivity contribution in [3.8, 4) is 0 Å². The second-order valence-electron chi connectivity index (χ2n) is 7.05. The summed E-state index contributed by atoms with van der Waals surface area (Å²) in [7, 11) is 0. The third-order valence-electron chi connectivity index (χ3n) is 5.25. The van der Waals surface area contributed by atoms with Gasteiger partial charge in [0.1, 0.15) is 0 Å². The molecule has 1 aliphatic heterocycles. The molecule has 3 nitrogen and oxygen atoms in total. The standard InChI is InChI=1S/C22H25N3S/c1-17-5-7-18(8-6-17)9-10-24-11-13-25(14-12-24)21-3-2-4-22-20(21)15-19(16-23)26-22/h2-8,15-16,23H,9-14H2,1H3. The lowest BCUT2D eigenvalue weighted by molar-refractivity contribution is 0.261. The van der Waals surface area contributed by atoms with Gasteiger partial charge in [-0.1, -0.05) is 35.9 Å². The summed E-state index contributed by atoms with van der Waals surface area (Å²) in [5.74, 6) is 0. The van der Waals surface area contributed by atoms with Gasteiger partial charge in [-0.15, -0.1) is 11.3 Å². The van der Waals surface area contributed by atoms with Crippen molar-refractivity contribution in [2.45, 2.75) is 13.3 Å². The number of piperazine rings is 1. The molecule has 2 heterocycles. The summed E-state index contributed by atoms with van der Waals surface area (Å²) in [5.41, 5.74) is 4.08. The van der Waals surface area contributed by atoms with Gasteiger partial charge >= 0.3 is 0 Å². The molecule has 26 heavy (non-hydrogen) atoms. The van der Waals surface area contributed by atoms with Gasteiger partial charge in [0.15, 0.2) is 0 Å². The van der Waals surface area contributed by atoms with Crippen molar-refractivity contribution < 1.29 is 0 Å². The summed E-state index contributed by atoms with van der Waals surface area (Å²) >= 11 is 1.70. The number of fused-ring (bicyclic) bond motifs is 1. The lowest BCUT2D eigenvalue weighted by Gasteiger charge is -2.36.